The van der Waals surface area contributed by atoms with Gasteiger partial charge in [0.05, 0.1) is 25.2 Å². The molecule has 0 fully saturated rings. The Kier molecular flexibility index (Phi) is 2.86. The lowest BCUT2D eigenvalue weighted by Gasteiger charge is -2.07. The van der Waals surface area contributed by atoms with Crippen LogP contribution in [0.1, 0.15) is 11.1 Å². The molecule has 2 rings (SSSR count). The van der Waals surface area contributed by atoms with Crippen molar-refractivity contribution in [1.29, 1.82) is 0 Å². The molecule has 0 aliphatic carbocycles. The fourth-order valence-electron chi connectivity index (χ4n) is 1.59. The Morgan fingerprint density at radius 3 is 2.69 bits per heavy atom. The summed E-state index contributed by atoms with van der Waals surface area (Å²) in [5.41, 5.74) is 4.35. The summed E-state index contributed by atoms with van der Waals surface area (Å²) in [5.74, 6) is 0.540. The molecular weight excluding hydrogens is 200 g/mol. The van der Waals surface area contributed by atoms with Crippen molar-refractivity contribution in [3.8, 4) is 17.1 Å². The molecule has 0 saturated carbocycles. The molecule has 0 unspecified atom stereocenters. The Bertz CT molecular complexity index is 509. The zero-order chi connectivity index (χ0) is 11.5. The van der Waals surface area contributed by atoms with Gasteiger partial charge in [0.15, 0.2) is 0 Å². The van der Waals surface area contributed by atoms with Gasteiger partial charge in [0, 0.05) is 5.56 Å². The van der Waals surface area contributed by atoms with E-state index >= 15 is 0 Å². The number of methoxy groups -OCH3 is 1. The predicted molar refractivity (Wildman–Crippen MR) is 63.5 cm³/mol. The highest BCUT2D eigenvalue weighted by atomic mass is 16.5. The molecule has 0 radical (unpaired) electrons. The van der Waals surface area contributed by atoms with Crippen molar-refractivity contribution in [2.24, 2.45) is 0 Å². The van der Waals surface area contributed by atoms with Gasteiger partial charge in [0.2, 0.25) is 5.88 Å². The summed E-state index contributed by atoms with van der Waals surface area (Å²) in [6.45, 7) is 4.13. The van der Waals surface area contributed by atoms with Gasteiger partial charge in [0.25, 0.3) is 0 Å². The average Bonchev–Trinajstić information content (AvgIpc) is 2.32. The third-order valence-electron chi connectivity index (χ3n) is 2.49. The minimum atomic E-state index is 0.540. The molecule has 0 aliphatic heterocycles. The van der Waals surface area contributed by atoms with Crippen LogP contribution in [0, 0.1) is 13.8 Å². The summed E-state index contributed by atoms with van der Waals surface area (Å²) in [6.07, 6.45) is 3.36. The number of nitrogens with zero attached hydrogens (tertiary/aromatic N) is 2. The van der Waals surface area contributed by atoms with Crippen molar-refractivity contribution in [2.75, 3.05) is 7.11 Å². The van der Waals surface area contributed by atoms with Crippen LogP contribution in [0.2, 0.25) is 0 Å². The highest BCUT2D eigenvalue weighted by molar-refractivity contribution is 5.63. The summed E-state index contributed by atoms with van der Waals surface area (Å²) in [4.78, 5) is 8.49. The van der Waals surface area contributed by atoms with E-state index in [0.29, 0.717) is 5.88 Å². The summed E-state index contributed by atoms with van der Waals surface area (Å²) in [7, 11) is 1.59. The van der Waals surface area contributed by atoms with Gasteiger partial charge in [-0.15, -0.1) is 0 Å². The Morgan fingerprint density at radius 2 is 1.94 bits per heavy atom. The van der Waals surface area contributed by atoms with E-state index in [4.69, 9.17) is 4.74 Å². The van der Waals surface area contributed by atoms with Crippen molar-refractivity contribution in [2.45, 2.75) is 13.8 Å². The van der Waals surface area contributed by atoms with Gasteiger partial charge in [-0.3, -0.25) is 4.98 Å². The Balaban J connectivity index is 2.53. The molecule has 0 N–H and O–H groups in total. The zero-order valence-electron chi connectivity index (χ0n) is 9.69. The van der Waals surface area contributed by atoms with Crippen LogP contribution in [0.5, 0.6) is 5.88 Å². The molecule has 1 aromatic heterocycles. The molecule has 2 aromatic rings. The van der Waals surface area contributed by atoms with E-state index in [-0.39, 0.29) is 0 Å². The lowest BCUT2D eigenvalue weighted by Crippen LogP contribution is -1.93. The molecule has 0 aliphatic rings. The number of aryl methyl sites for hydroxylation is 2. The Hall–Kier alpha value is -1.90. The topological polar surface area (TPSA) is 35.0 Å². The van der Waals surface area contributed by atoms with Crippen LogP contribution in [0.3, 0.4) is 0 Å². The number of hydrogen-bond acceptors (Lipinski definition) is 3. The molecule has 0 bridgehead atoms. The van der Waals surface area contributed by atoms with Crippen LogP contribution in [0.4, 0.5) is 0 Å². The molecule has 3 heteroatoms. The second-order valence-corrected chi connectivity index (χ2v) is 3.77. The highest BCUT2D eigenvalue weighted by Crippen LogP contribution is 2.23. The molecule has 0 saturated heterocycles. The summed E-state index contributed by atoms with van der Waals surface area (Å²) in [6, 6.07) is 6.29. The van der Waals surface area contributed by atoms with E-state index in [2.05, 4.69) is 42.0 Å². The fourth-order valence-corrected chi connectivity index (χ4v) is 1.59. The smallest absolute Gasteiger partial charge is 0.232 e. The van der Waals surface area contributed by atoms with E-state index < -0.39 is 0 Å². The largest absolute Gasteiger partial charge is 0.480 e. The maximum absolute atomic E-state index is 5.07. The average molecular weight is 214 g/mol. The zero-order valence-corrected chi connectivity index (χ0v) is 9.69. The fraction of sp³-hybridized carbons (Fsp3) is 0.231. The minimum Gasteiger partial charge on any atom is -0.480 e. The summed E-state index contributed by atoms with van der Waals surface area (Å²) < 4.78 is 5.07. The molecule has 0 atom stereocenters. The van der Waals surface area contributed by atoms with Gasteiger partial charge in [-0.05, 0) is 25.5 Å². The van der Waals surface area contributed by atoms with E-state index in [1.165, 1.54) is 11.1 Å². The number of benzene rings is 1. The first kappa shape index (κ1) is 10.6. The van der Waals surface area contributed by atoms with Gasteiger partial charge in [0.1, 0.15) is 0 Å². The lowest BCUT2D eigenvalue weighted by atomic mass is 10.0. The van der Waals surface area contributed by atoms with Crippen LogP contribution >= 0.6 is 0 Å². The van der Waals surface area contributed by atoms with Gasteiger partial charge in [-0.1, -0.05) is 17.7 Å². The first-order chi connectivity index (χ1) is 7.70. The number of rotatable bonds is 2. The highest BCUT2D eigenvalue weighted by Gasteiger charge is 2.05. The standard InChI is InChI=1S/C13H14N2O/c1-9-4-5-10(2)11(6-9)12-7-14-8-13(15-12)16-3/h4-8H,1-3H3. The van der Waals surface area contributed by atoms with Gasteiger partial charge in [-0.2, -0.15) is 0 Å². The molecule has 1 heterocycles. The molecule has 16 heavy (non-hydrogen) atoms. The van der Waals surface area contributed by atoms with E-state index in [9.17, 15) is 0 Å². The SMILES string of the molecule is COc1cncc(-c2cc(C)ccc2C)n1. The van der Waals surface area contributed by atoms with Crippen molar-refractivity contribution in [1.82, 2.24) is 9.97 Å². The molecule has 3 nitrogen and oxygen atoms in total. The first-order valence-corrected chi connectivity index (χ1v) is 5.14. The van der Waals surface area contributed by atoms with Crippen LogP contribution in [-0.2, 0) is 0 Å². The predicted octanol–water partition coefficient (Wildman–Crippen LogP) is 2.77. The Labute approximate surface area is 95.1 Å². The van der Waals surface area contributed by atoms with Crippen LogP contribution < -0.4 is 4.74 Å². The van der Waals surface area contributed by atoms with Crippen LogP contribution in [-0.4, -0.2) is 17.1 Å². The molecular formula is C13H14N2O. The Morgan fingerprint density at radius 1 is 1.12 bits per heavy atom. The van der Waals surface area contributed by atoms with Crippen molar-refractivity contribution < 1.29 is 4.74 Å². The minimum absolute atomic E-state index is 0.540. The molecule has 82 valence electrons. The second kappa shape index (κ2) is 4.31. The third kappa shape index (κ3) is 2.03. The third-order valence-corrected chi connectivity index (χ3v) is 2.49. The van der Waals surface area contributed by atoms with Gasteiger partial charge >= 0.3 is 0 Å². The van der Waals surface area contributed by atoms with Crippen molar-refractivity contribution in [3.63, 3.8) is 0 Å². The van der Waals surface area contributed by atoms with Gasteiger partial charge in [-0.25, -0.2) is 4.98 Å². The molecule has 0 spiro atoms. The molecule has 1 aromatic carbocycles. The maximum atomic E-state index is 5.07. The first-order valence-electron chi connectivity index (χ1n) is 5.14. The van der Waals surface area contributed by atoms with E-state index in [1.54, 1.807) is 19.5 Å². The lowest BCUT2D eigenvalue weighted by molar-refractivity contribution is 0.396. The summed E-state index contributed by atoms with van der Waals surface area (Å²) >= 11 is 0. The monoisotopic (exact) mass is 214 g/mol. The second-order valence-electron chi connectivity index (χ2n) is 3.77. The number of hydrogen-bond donors (Lipinski definition) is 0. The normalized spacial score (nSPS) is 10.2. The van der Waals surface area contributed by atoms with Crippen molar-refractivity contribution >= 4 is 0 Å². The summed E-state index contributed by atoms with van der Waals surface area (Å²) in [5, 5.41) is 0. The quantitative estimate of drug-likeness (QED) is 0.771. The number of ether oxygens (including phenoxy) is 1. The molecule has 0 amide bonds. The number of aromatic nitrogens is 2. The maximum Gasteiger partial charge on any atom is 0.232 e. The van der Waals surface area contributed by atoms with E-state index in [0.717, 1.165) is 11.3 Å². The van der Waals surface area contributed by atoms with E-state index in [1.807, 2.05) is 0 Å². The van der Waals surface area contributed by atoms with Crippen molar-refractivity contribution in [3.05, 3.63) is 41.7 Å². The van der Waals surface area contributed by atoms with Crippen LogP contribution in [0.25, 0.3) is 11.3 Å². The van der Waals surface area contributed by atoms with Crippen LogP contribution in [0.15, 0.2) is 30.6 Å². The van der Waals surface area contributed by atoms with Gasteiger partial charge < -0.3 is 4.74 Å².